The molecule has 9 heteroatoms. The highest BCUT2D eigenvalue weighted by atomic mass is 16.6. The molecule has 3 aromatic heterocycles. The molecular formula is C22H23N7O2. The maximum Gasteiger partial charge on any atom is 0.166 e. The maximum absolute atomic E-state index is 6.26. The lowest BCUT2D eigenvalue weighted by Gasteiger charge is -2.16. The van der Waals surface area contributed by atoms with E-state index in [4.69, 9.17) is 9.47 Å². The van der Waals surface area contributed by atoms with Crippen molar-refractivity contribution in [2.45, 2.75) is 25.2 Å². The minimum absolute atomic E-state index is 0.00748. The van der Waals surface area contributed by atoms with E-state index in [1.807, 2.05) is 55.5 Å². The highest BCUT2D eigenvalue weighted by molar-refractivity contribution is 5.87. The van der Waals surface area contributed by atoms with E-state index in [1.165, 1.54) is 0 Å². The van der Waals surface area contributed by atoms with Crippen molar-refractivity contribution in [1.82, 2.24) is 29.6 Å². The van der Waals surface area contributed by atoms with Gasteiger partial charge in [-0.3, -0.25) is 0 Å². The van der Waals surface area contributed by atoms with Crippen LogP contribution in [0.2, 0.25) is 0 Å². The van der Waals surface area contributed by atoms with Gasteiger partial charge in [0.2, 0.25) is 0 Å². The number of benzene rings is 1. The minimum Gasteiger partial charge on any atom is -0.491 e. The predicted octanol–water partition coefficient (Wildman–Crippen LogP) is 3.35. The van der Waals surface area contributed by atoms with Crippen molar-refractivity contribution >= 4 is 34.1 Å². The Bertz CT molecular complexity index is 1240. The van der Waals surface area contributed by atoms with E-state index in [-0.39, 0.29) is 12.3 Å². The summed E-state index contributed by atoms with van der Waals surface area (Å²) in [6.45, 7) is 0.481. The molecule has 4 heterocycles. The summed E-state index contributed by atoms with van der Waals surface area (Å²) in [5, 5.41) is 10.0. The van der Waals surface area contributed by atoms with Crippen LogP contribution >= 0.6 is 0 Å². The van der Waals surface area contributed by atoms with Gasteiger partial charge in [-0.2, -0.15) is 10.2 Å². The smallest absolute Gasteiger partial charge is 0.166 e. The molecule has 158 valence electrons. The fourth-order valence-corrected chi connectivity index (χ4v) is 3.72. The molecule has 0 amide bonds. The zero-order valence-electron chi connectivity index (χ0n) is 17.4. The molecule has 4 aromatic rings. The van der Waals surface area contributed by atoms with Gasteiger partial charge in [0.1, 0.15) is 30.6 Å². The van der Waals surface area contributed by atoms with Gasteiger partial charge < -0.3 is 18.9 Å². The number of aliphatic imine (C=N–C) groups is 1. The van der Waals surface area contributed by atoms with E-state index in [0.29, 0.717) is 12.4 Å². The first-order chi connectivity index (χ1) is 15.2. The molecule has 5 rings (SSSR count). The summed E-state index contributed by atoms with van der Waals surface area (Å²) in [5.41, 5.74) is 1.64. The van der Waals surface area contributed by atoms with Crippen LogP contribution < -0.4 is 4.74 Å². The van der Waals surface area contributed by atoms with E-state index in [9.17, 15) is 0 Å². The Balaban J connectivity index is 1.27. The summed E-state index contributed by atoms with van der Waals surface area (Å²) < 4.78 is 14.3. The van der Waals surface area contributed by atoms with E-state index < -0.39 is 0 Å². The van der Waals surface area contributed by atoms with Gasteiger partial charge >= 0.3 is 0 Å². The Labute approximate surface area is 179 Å². The quantitative estimate of drug-likeness (QED) is 0.351. The van der Waals surface area contributed by atoms with Crippen molar-refractivity contribution in [2.75, 3.05) is 20.7 Å². The summed E-state index contributed by atoms with van der Waals surface area (Å²) in [5.74, 6) is 1.41. The molecule has 1 fully saturated rings. The van der Waals surface area contributed by atoms with Crippen LogP contribution in [0.5, 0.6) is 5.75 Å². The second kappa shape index (κ2) is 8.27. The Morgan fingerprint density at radius 3 is 3.06 bits per heavy atom. The van der Waals surface area contributed by atoms with Crippen LogP contribution in [-0.4, -0.2) is 62.8 Å². The van der Waals surface area contributed by atoms with Crippen LogP contribution in [0.25, 0.3) is 21.9 Å². The molecule has 0 bridgehead atoms. The van der Waals surface area contributed by atoms with Crippen molar-refractivity contribution < 1.29 is 9.47 Å². The van der Waals surface area contributed by atoms with Crippen molar-refractivity contribution in [2.24, 2.45) is 4.99 Å². The molecule has 0 N–H and O–H groups in total. The van der Waals surface area contributed by atoms with Crippen LogP contribution in [0.3, 0.4) is 0 Å². The molecule has 1 aromatic carbocycles. The van der Waals surface area contributed by atoms with Crippen LogP contribution in [0.15, 0.2) is 54.0 Å². The second-order valence-corrected chi connectivity index (χ2v) is 7.72. The van der Waals surface area contributed by atoms with Gasteiger partial charge in [0.15, 0.2) is 5.82 Å². The van der Waals surface area contributed by atoms with Crippen LogP contribution in [0.1, 0.15) is 19.1 Å². The Morgan fingerprint density at radius 1 is 1.23 bits per heavy atom. The molecular weight excluding hydrogens is 394 g/mol. The lowest BCUT2D eigenvalue weighted by atomic mass is 10.2. The fraction of sp³-hybridized carbons (Fsp3) is 0.318. The standard InChI is InChI=1S/C22H23N7O2/c1-28(2)14-25-21-18-8-10-29(22(18)24-13-23-21)20-6-5-17(31-20)12-30-16-4-3-15-7-9-26-27-19(15)11-16/h3-4,7-11,13-14,17,20H,5-6,12H2,1-2H3/t17-,20+/m0/s1. The van der Waals surface area contributed by atoms with Gasteiger partial charge in [0, 0.05) is 31.7 Å². The van der Waals surface area contributed by atoms with E-state index >= 15 is 0 Å². The number of ether oxygens (including phenoxy) is 2. The van der Waals surface area contributed by atoms with E-state index in [2.05, 4.69) is 29.7 Å². The van der Waals surface area contributed by atoms with E-state index in [1.54, 1.807) is 18.9 Å². The number of hydrogen-bond acceptors (Lipinski definition) is 7. The SMILES string of the molecule is CN(C)C=Nc1ncnc2c1ccn2[C@H]1CC[C@@H](COc2ccc3ccnnc3c2)O1. The third-order valence-electron chi connectivity index (χ3n) is 5.22. The van der Waals surface area contributed by atoms with Gasteiger partial charge in [-0.05, 0) is 37.1 Å². The van der Waals surface area contributed by atoms with Crippen molar-refractivity contribution in [3.8, 4) is 5.75 Å². The van der Waals surface area contributed by atoms with Gasteiger partial charge in [-0.15, -0.1) is 0 Å². The molecule has 1 aliphatic heterocycles. The summed E-state index contributed by atoms with van der Waals surface area (Å²) in [6, 6.07) is 9.75. The van der Waals surface area contributed by atoms with Crippen molar-refractivity contribution in [1.29, 1.82) is 0 Å². The average Bonchev–Trinajstić information content (AvgIpc) is 3.43. The van der Waals surface area contributed by atoms with Gasteiger partial charge in [-0.1, -0.05) is 0 Å². The Kier molecular flexibility index (Phi) is 5.17. The van der Waals surface area contributed by atoms with Crippen molar-refractivity contribution in [3.05, 3.63) is 49.1 Å². The number of rotatable bonds is 6. The van der Waals surface area contributed by atoms with Crippen molar-refractivity contribution in [3.63, 3.8) is 0 Å². The third kappa shape index (κ3) is 4.04. The number of nitrogens with zero attached hydrogens (tertiary/aromatic N) is 7. The molecule has 0 radical (unpaired) electrons. The summed E-state index contributed by atoms with van der Waals surface area (Å²) >= 11 is 0. The predicted molar refractivity (Wildman–Crippen MR) is 118 cm³/mol. The molecule has 1 saturated heterocycles. The highest BCUT2D eigenvalue weighted by Crippen LogP contribution is 2.33. The monoisotopic (exact) mass is 417 g/mol. The van der Waals surface area contributed by atoms with Gasteiger partial charge in [0.25, 0.3) is 0 Å². The molecule has 0 spiro atoms. The van der Waals surface area contributed by atoms with Gasteiger partial charge in [0.05, 0.1) is 29.5 Å². The summed E-state index contributed by atoms with van der Waals surface area (Å²) in [7, 11) is 3.85. The third-order valence-corrected chi connectivity index (χ3v) is 5.22. The molecule has 0 aliphatic carbocycles. The highest BCUT2D eigenvalue weighted by Gasteiger charge is 2.28. The Morgan fingerprint density at radius 2 is 2.16 bits per heavy atom. The lowest BCUT2D eigenvalue weighted by molar-refractivity contribution is -0.0156. The molecule has 0 saturated carbocycles. The van der Waals surface area contributed by atoms with E-state index in [0.717, 1.165) is 40.5 Å². The summed E-state index contributed by atoms with van der Waals surface area (Å²) in [4.78, 5) is 15.1. The first-order valence-electron chi connectivity index (χ1n) is 10.2. The van der Waals surface area contributed by atoms with Crippen LogP contribution in [0.4, 0.5) is 5.82 Å². The molecule has 2 atom stereocenters. The fourth-order valence-electron chi connectivity index (χ4n) is 3.72. The van der Waals surface area contributed by atoms with Gasteiger partial charge in [-0.25, -0.2) is 15.0 Å². The first kappa shape index (κ1) is 19.4. The number of aromatic nitrogens is 5. The second-order valence-electron chi connectivity index (χ2n) is 7.72. The van der Waals surface area contributed by atoms with Crippen LogP contribution in [-0.2, 0) is 4.74 Å². The number of fused-ring (bicyclic) bond motifs is 2. The lowest BCUT2D eigenvalue weighted by Crippen LogP contribution is -2.18. The number of hydrogen-bond donors (Lipinski definition) is 0. The topological polar surface area (TPSA) is 90.6 Å². The zero-order chi connectivity index (χ0) is 21.2. The zero-order valence-corrected chi connectivity index (χ0v) is 17.4. The normalized spacial score (nSPS) is 18.9. The molecule has 31 heavy (non-hydrogen) atoms. The minimum atomic E-state index is -0.0888. The maximum atomic E-state index is 6.26. The largest absolute Gasteiger partial charge is 0.491 e. The Hall–Kier alpha value is -3.59. The van der Waals surface area contributed by atoms with Crippen LogP contribution in [0, 0.1) is 0 Å². The molecule has 0 unspecified atom stereocenters. The first-order valence-corrected chi connectivity index (χ1v) is 10.2. The molecule has 9 nitrogen and oxygen atoms in total. The average molecular weight is 417 g/mol. The molecule has 1 aliphatic rings. The summed E-state index contributed by atoms with van der Waals surface area (Å²) in [6.07, 6.45) is 8.67.